The molecule has 9 heteroatoms. The maximum atomic E-state index is 13.2. The Labute approximate surface area is 145 Å². The van der Waals surface area contributed by atoms with Gasteiger partial charge in [-0.15, -0.1) is 0 Å². The van der Waals surface area contributed by atoms with Crippen LogP contribution in [0.4, 0.5) is 23.9 Å². The van der Waals surface area contributed by atoms with Gasteiger partial charge in [-0.3, -0.25) is 0 Å². The Morgan fingerprint density at radius 3 is 2.20 bits per heavy atom. The van der Waals surface area contributed by atoms with Crippen LogP contribution in [0.15, 0.2) is 18.5 Å². The number of carbonyl (C=O) groups is 1. The molecule has 0 saturated carbocycles. The predicted octanol–water partition coefficient (Wildman–Crippen LogP) is 2.68. The van der Waals surface area contributed by atoms with Crippen LogP contribution in [0.2, 0.25) is 0 Å². The van der Waals surface area contributed by atoms with Crippen molar-refractivity contribution in [3.8, 4) is 0 Å². The van der Waals surface area contributed by atoms with Crippen LogP contribution in [0, 0.1) is 5.41 Å². The highest BCUT2D eigenvalue weighted by Crippen LogP contribution is 2.30. The fourth-order valence-electron chi connectivity index (χ4n) is 2.67. The predicted molar refractivity (Wildman–Crippen MR) is 88.3 cm³/mol. The van der Waals surface area contributed by atoms with Gasteiger partial charge in [-0.2, -0.15) is 13.2 Å². The molecule has 1 aliphatic heterocycles. The van der Waals surface area contributed by atoms with E-state index in [1.54, 1.807) is 39.2 Å². The number of piperazine rings is 1. The number of hydrogen-bond acceptors (Lipinski definition) is 4. The molecule has 1 unspecified atom stereocenters. The van der Waals surface area contributed by atoms with E-state index in [0.29, 0.717) is 32.1 Å². The fourth-order valence-corrected chi connectivity index (χ4v) is 2.67. The number of rotatable bonds is 3. The average Bonchev–Trinajstić information content (AvgIpc) is 2.53. The number of carbonyl (C=O) groups excluding carboxylic acids is 1. The minimum Gasteiger partial charge on any atom is -0.337 e. The van der Waals surface area contributed by atoms with Crippen LogP contribution < -0.4 is 10.2 Å². The summed E-state index contributed by atoms with van der Waals surface area (Å²) >= 11 is 0. The molecular formula is C16H24F3N5O. The minimum absolute atomic E-state index is 0.167. The minimum atomic E-state index is -4.47. The maximum absolute atomic E-state index is 13.2. The molecule has 25 heavy (non-hydrogen) atoms. The summed E-state index contributed by atoms with van der Waals surface area (Å²) in [5.41, 5.74) is -0.545. The quantitative estimate of drug-likeness (QED) is 0.901. The first-order chi connectivity index (χ1) is 11.6. The van der Waals surface area contributed by atoms with Crippen molar-refractivity contribution in [1.29, 1.82) is 0 Å². The normalized spacial score (nSPS) is 17.4. The first-order valence-corrected chi connectivity index (χ1v) is 8.20. The molecule has 0 bridgehead atoms. The van der Waals surface area contributed by atoms with Gasteiger partial charge in [-0.1, -0.05) is 20.8 Å². The van der Waals surface area contributed by atoms with Crippen LogP contribution >= 0.6 is 0 Å². The number of nitrogens with zero attached hydrogens (tertiary/aromatic N) is 4. The third kappa shape index (κ3) is 5.75. The first-order valence-electron chi connectivity index (χ1n) is 8.20. The fraction of sp³-hybridized carbons (Fsp3) is 0.688. The van der Waals surface area contributed by atoms with Crippen LogP contribution in [-0.4, -0.2) is 59.3 Å². The Bertz CT molecular complexity index is 565. The number of aromatic nitrogens is 2. The molecule has 1 N–H and O–H groups in total. The lowest BCUT2D eigenvalue weighted by molar-refractivity contribution is -0.159. The number of halogens is 3. The van der Waals surface area contributed by atoms with Crippen LogP contribution in [0.1, 0.15) is 27.2 Å². The maximum Gasteiger partial charge on any atom is 0.408 e. The molecule has 0 radical (unpaired) electrons. The Kier molecular flexibility index (Phi) is 5.74. The smallest absolute Gasteiger partial charge is 0.337 e. The molecular weight excluding hydrogens is 335 g/mol. The van der Waals surface area contributed by atoms with Crippen LogP contribution in [0.25, 0.3) is 0 Å². The lowest BCUT2D eigenvalue weighted by Crippen LogP contribution is -2.56. The summed E-state index contributed by atoms with van der Waals surface area (Å²) in [7, 11) is 0. The molecule has 2 amide bonds. The van der Waals surface area contributed by atoms with Crippen molar-refractivity contribution < 1.29 is 18.0 Å². The monoisotopic (exact) mass is 359 g/mol. The van der Waals surface area contributed by atoms with Gasteiger partial charge < -0.3 is 15.1 Å². The second-order valence-electron chi connectivity index (χ2n) is 7.33. The lowest BCUT2D eigenvalue weighted by atomic mass is 9.88. The summed E-state index contributed by atoms with van der Waals surface area (Å²) in [6.45, 7) is 6.76. The third-order valence-electron chi connectivity index (χ3n) is 3.91. The summed E-state index contributed by atoms with van der Waals surface area (Å²) in [6.07, 6.45) is -1.38. The Hall–Kier alpha value is -2.06. The first kappa shape index (κ1) is 19.3. The average molecular weight is 359 g/mol. The Balaban J connectivity index is 1.92. The van der Waals surface area contributed by atoms with Crippen molar-refractivity contribution in [2.75, 3.05) is 31.1 Å². The van der Waals surface area contributed by atoms with Gasteiger partial charge in [0.2, 0.25) is 5.95 Å². The lowest BCUT2D eigenvalue weighted by Gasteiger charge is -2.36. The summed E-state index contributed by atoms with van der Waals surface area (Å²) in [5.74, 6) is 0.559. The summed E-state index contributed by atoms with van der Waals surface area (Å²) in [6, 6.07) is -0.824. The van der Waals surface area contributed by atoms with Crippen molar-refractivity contribution in [1.82, 2.24) is 20.2 Å². The highest BCUT2D eigenvalue weighted by molar-refractivity contribution is 5.75. The molecule has 2 rings (SSSR count). The third-order valence-corrected chi connectivity index (χ3v) is 3.91. The van der Waals surface area contributed by atoms with Gasteiger partial charge in [-0.25, -0.2) is 14.8 Å². The van der Waals surface area contributed by atoms with E-state index in [1.165, 1.54) is 4.90 Å². The molecule has 1 saturated heterocycles. The topological polar surface area (TPSA) is 61.4 Å². The summed E-state index contributed by atoms with van der Waals surface area (Å²) in [5, 5.41) is 2.15. The van der Waals surface area contributed by atoms with Crippen LogP contribution in [0.3, 0.4) is 0 Å². The molecule has 0 aromatic carbocycles. The van der Waals surface area contributed by atoms with E-state index in [2.05, 4.69) is 15.3 Å². The van der Waals surface area contributed by atoms with Gasteiger partial charge in [-0.05, 0) is 17.9 Å². The molecule has 1 aromatic heterocycles. The van der Waals surface area contributed by atoms with Gasteiger partial charge in [0, 0.05) is 38.6 Å². The van der Waals surface area contributed by atoms with Gasteiger partial charge in [0.05, 0.1) is 0 Å². The number of alkyl halides is 3. The highest BCUT2D eigenvalue weighted by atomic mass is 19.4. The number of nitrogens with one attached hydrogen (secondary N) is 1. The van der Waals surface area contributed by atoms with Gasteiger partial charge >= 0.3 is 12.2 Å². The number of hydrogen-bond donors (Lipinski definition) is 1. The van der Waals surface area contributed by atoms with Crippen molar-refractivity contribution in [2.24, 2.45) is 5.41 Å². The largest absolute Gasteiger partial charge is 0.408 e. The summed E-state index contributed by atoms with van der Waals surface area (Å²) < 4.78 is 39.6. The van der Waals surface area contributed by atoms with Crippen LogP contribution in [-0.2, 0) is 0 Å². The standard InChI is InChI=1S/C16H24F3N5O/c1-15(2,3)11-12(16(17,18)19)22-14(25)24-9-7-23(8-10-24)13-20-5-4-6-21-13/h4-6,12H,7-11H2,1-3H3,(H,22,25). The van der Waals surface area contributed by atoms with E-state index in [1.807, 2.05) is 4.90 Å². The van der Waals surface area contributed by atoms with Crippen molar-refractivity contribution >= 4 is 12.0 Å². The van der Waals surface area contributed by atoms with E-state index < -0.39 is 23.7 Å². The summed E-state index contributed by atoms with van der Waals surface area (Å²) in [4.78, 5) is 23.8. The second-order valence-corrected chi connectivity index (χ2v) is 7.33. The van der Waals surface area contributed by atoms with E-state index >= 15 is 0 Å². The molecule has 0 spiro atoms. The second kappa shape index (κ2) is 7.45. The molecule has 1 fully saturated rings. The number of amides is 2. The van der Waals surface area contributed by atoms with Gasteiger partial charge in [0.25, 0.3) is 0 Å². The highest BCUT2D eigenvalue weighted by Gasteiger charge is 2.43. The van der Waals surface area contributed by atoms with Crippen molar-refractivity contribution in [3.05, 3.63) is 18.5 Å². The molecule has 1 aliphatic rings. The molecule has 2 heterocycles. The Morgan fingerprint density at radius 1 is 1.16 bits per heavy atom. The SMILES string of the molecule is CC(C)(C)CC(NC(=O)N1CCN(c2ncccn2)CC1)C(F)(F)F. The van der Waals surface area contributed by atoms with Crippen LogP contribution in [0.5, 0.6) is 0 Å². The van der Waals surface area contributed by atoms with Crippen molar-refractivity contribution in [3.63, 3.8) is 0 Å². The van der Waals surface area contributed by atoms with Gasteiger partial charge in [0.15, 0.2) is 0 Å². The zero-order valence-corrected chi connectivity index (χ0v) is 14.7. The van der Waals surface area contributed by atoms with E-state index in [4.69, 9.17) is 0 Å². The zero-order valence-electron chi connectivity index (χ0n) is 14.7. The number of urea groups is 1. The number of anilines is 1. The molecule has 0 aliphatic carbocycles. The van der Waals surface area contributed by atoms with E-state index in [0.717, 1.165) is 0 Å². The van der Waals surface area contributed by atoms with E-state index in [9.17, 15) is 18.0 Å². The molecule has 140 valence electrons. The molecule has 1 aromatic rings. The Morgan fingerprint density at radius 2 is 1.72 bits per heavy atom. The van der Waals surface area contributed by atoms with Crippen molar-refractivity contribution in [2.45, 2.75) is 39.4 Å². The van der Waals surface area contributed by atoms with Gasteiger partial charge in [0.1, 0.15) is 6.04 Å². The van der Waals surface area contributed by atoms with E-state index in [-0.39, 0.29) is 6.42 Å². The molecule has 6 nitrogen and oxygen atoms in total. The zero-order chi connectivity index (χ0) is 18.7. The molecule has 1 atom stereocenters.